The Hall–Kier alpha value is -4.99. The van der Waals surface area contributed by atoms with Crippen LogP contribution >= 0.6 is 11.6 Å². The zero-order valence-electron chi connectivity index (χ0n) is 30.9. The van der Waals surface area contributed by atoms with Gasteiger partial charge in [-0.05, 0) is 89.9 Å². The summed E-state index contributed by atoms with van der Waals surface area (Å²) in [5.74, 6) is -1.35. The highest BCUT2D eigenvalue weighted by molar-refractivity contribution is 7.93. The molecule has 1 aliphatic carbocycles. The lowest BCUT2D eigenvalue weighted by atomic mass is 9.86. The van der Waals surface area contributed by atoms with Crippen LogP contribution in [0.15, 0.2) is 77.6 Å². The van der Waals surface area contributed by atoms with E-state index in [-0.39, 0.29) is 62.6 Å². The molecule has 2 N–H and O–H groups in total. The molecule has 2 aromatic heterocycles. The number of hydrogen-bond acceptors (Lipinski definition) is 7. The van der Waals surface area contributed by atoms with Gasteiger partial charge in [-0.15, -0.1) is 0 Å². The van der Waals surface area contributed by atoms with Gasteiger partial charge in [-0.2, -0.15) is 5.10 Å². The van der Waals surface area contributed by atoms with Crippen molar-refractivity contribution in [2.24, 2.45) is 5.73 Å². The number of nitrogens with zero attached hydrogens (tertiary/aromatic N) is 5. The molecule has 1 fully saturated rings. The van der Waals surface area contributed by atoms with Gasteiger partial charge in [0.25, 0.3) is 12.0 Å². The Morgan fingerprint density at radius 1 is 0.982 bits per heavy atom. The van der Waals surface area contributed by atoms with Gasteiger partial charge in [0, 0.05) is 6.07 Å². The zero-order valence-corrected chi connectivity index (χ0v) is 32.5. The van der Waals surface area contributed by atoms with Gasteiger partial charge in [0.2, 0.25) is 10.0 Å². The molecule has 0 aliphatic heterocycles. The second-order valence-corrected chi connectivity index (χ2v) is 17.5. The van der Waals surface area contributed by atoms with Gasteiger partial charge in [0.15, 0.2) is 5.82 Å². The lowest BCUT2D eigenvalue weighted by Gasteiger charge is -2.23. The van der Waals surface area contributed by atoms with Gasteiger partial charge in [-0.1, -0.05) is 50.6 Å². The van der Waals surface area contributed by atoms with Crippen LogP contribution in [0.2, 0.25) is 5.02 Å². The van der Waals surface area contributed by atoms with Crippen LogP contribution in [0.25, 0.3) is 27.5 Å². The van der Waals surface area contributed by atoms with E-state index >= 15 is 0 Å². The molecular weight excluding hydrogens is 772 g/mol. The van der Waals surface area contributed by atoms with E-state index in [9.17, 15) is 30.8 Å². The summed E-state index contributed by atoms with van der Waals surface area (Å²) >= 11 is 6.86. The first-order valence-corrected chi connectivity index (χ1v) is 19.7. The molecule has 0 radical (unpaired) electrons. The van der Waals surface area contributed by atoms with E-state index in [1.807, 2.05) is 20.8 Å². The van der Waals surface area contributed by atoms with Crippen molar-refractivity contribution in [1.29, 1.82) is 0 Å². The predicted octanol–water partition coefficient (Wildman–Crippen LogP) is 7.98. The maximum absolute atomic E-state index is 14.7. The van der Waals surface area contributed by atoms with Crippen molar-refractivity contribution in [3.05, 3.63) is 122 Å². The van der Waals surface area contributed by atoms with Crippen LogP contribution in [-0.2, 0) is 34.9 Å². The normalized spacial score (nSPS) is 14.2. The fourth-order valence-electron chi connectivity index (χ4n) is 6.81. The molecule has 1 saturated carbocycles. The molecule has 1 atom stereocenters. The number of halogens is 5. The first kappa shape index (κ1) is 39.3. The highest BCUT2D eigenvalue weighted by Gasteiger charge is 2.42. The Morgan fingerprint density at radius 2 is 1.66 bits per heavy atom. The molecule has 0 spiro atoms. The molecule has 16 heteroatoms. The number of ether oxygens (including phenoxy) is 1. The van der Waals surface area contributed by atoms with E-state index in [4.69, 9.17) is 27.1 Å². The molecule has 7 rings (SSSR count). The second kappa shape index (κ2) is 14.8. The van der Waals surface area contributed by atoms with Crippen molar-refractivity contribution in [3.63, 3.8) is 0 Å². The van der Waals surface area contributed by atoms with E-state index in [0.717, 1.165) is 37.3 Å². The molecule has 0 amide bonds. The summed E-state index contributed by atoms with van der Waals surface area (Å²) in [6, 6.07) is 16.5. The Kier molecular flexibility index (Phi) is 10.4. The number of aromatic nitrogens is 4. The highest BCUT2D eigenvalue weighted by atomic mass is 35.5. The fraction of sp³-hybridized carbons (Fsp3) is 0.325. The van der Waals surface area contributed by atoms with Crippen molar-refractivity contribution < 1.29 is 30.7 Å². The van der Waals surface area contributed by atoms with Crippen molar-refractivity contribution in [2.45, 2.75) is 76.3 Å². The number of rotatable bonds is 12. The molecule has 10 nitrogen and oxygen atoms in total. The van der Waals surface area contributed by atoms with E-state index in [1.165, 1.54) is 19.2 Å². The third kappa shape index (κ3) is 7.59. The van der Waals surface area contributed by atoms with Crippen LogP contribution in [0.5, 0.6) is 5.75 Å². The maximum Gasteiger partial charge on any atom is 0.266 e. The summed E-state index contributed by atoms with van der Waals surface area (Å²) in [6.07, 6.45) is -2.32. The minimum absolute atomic E-state index is 0.00403. The Labute approximate surface area is 325 Å². The first-order valence-electron chi connectivity index (χ1n) is 17.9. The van der Waals surface area contributed by atoms with Gasteiger partial charge < -0.3 is 10.5 Å². The number of methoxy groups -OCH3 is 1. The Balaban J connectivity index is 1.51. The summed E-state index contributed by atoms with van der Waals surface area (Å²) < 4.78 is 94.2. The first-order chi connectivity index (χ1) is 26.5. The number of hydrogen-bond donors (Lipinski definition) is 1. The summed E-state index contributed by atoms with van der Waals surface area (Å²) in [5.41, 5.74) is 7.64. The lowest BCUT2D eigenvalue weighted by Crippen LogP contribution is -2.34. The standard InChI is InChI=1S/C40H39ClF4N6O4S/c1-40(2,3)24-7-12-29-32(18-24)47-37(31(46)17-23-15-25(42)19-26(43)16-23)51(39(29)52)33-14-13-30(41)35-36(33)49(21-34(44)45)48-38(35)50(56(53,54)28-10-11-28)20-22-5-8-27(55-4)9-6-22/h5-9,12-16,18-19,28,31,34H,10-11,17,20-21,46H2,1-4H3. The van der Waals surface area contributed by atoms with Crippen LogP contribution in [-0.4, -0.2) is 46.5 Å². The van der Waals surface area contributed by atoms with Crippen molar-refractivity contribution in [2.75, 3.05) is 11.4 Å². The van der Waals surface area contributed by atoms with Gasteiger partial charge in [0.1, 0.15) is 29.8 Å². The van der Waals surface area contributed by atoms with Gasteiger partial charge >= 0.3 is 0 Å². The smallest absolute Gasteiger partial charge is 0.266 e. The average Bonchev–Trinajstić information content (AvgIpc) is 3.93. The fourth-order valence-corrected chi connectivity index (χ4v) is 8.84. The SMILES string of the molecule is COc1ccc(CN(c2nn(CC(F)F)c3c(-n4c(C(N)Cc5cc(F)cc(F)c5)nc5cc(C(C)(C)C)ccc5c4=O)ccc(Cl)c23)S(=O)(=O)C2CC2)cc1. The van der Waals surface area contributed by atoms with Crippen LogP contribution in [0.1, 0.15) is 62.2 Å². The summed E-state index contributed by atoms with van der Waals surface area (Å²) in [4.78, 5) is 19.6. The monoisotopic (exact) mass is 810 g/mol. The van der Waals surface area contributed by atoms with Crippen molar-refractivity contribution in [1.82, 2.24) is 19.3 Å². The van der Waals surface area contributed by atoms with E-state index in [1.54, 1.807) is 42.5 Å². The number of nitrogens with two attached hydrogens (primary N) is 1. The van der Waals surface area contributed by atoms with Crippen molar-refractivity contribution >= 4 is 49.2 Å². The third-order valence-electron chi connectivity index (χ3n) is 9.80. The largest absolute Gasteiger partial charge is 0.497 e. The number of anilines is 1. The maximum atomic E-state index is 14.7. The third-order valence-corrected chi connectivity index (χ3v) is 12.3. The minimum atomic E-state index is -4.09. The number of fused-ring (bicyclic) bond motifs is 2. The summed E-state index contributed by atoms with van der Waals surface area (Å²) in [5, 5.41) is 3.94. The number of benzene rings is 4. The van der Waals surface area contributed by atoms with E-state index in [2.05, 4.69) is 5.10 Å². The van der Waals surface area contributed by atoms with Crippen LogP contribution < -0.4 is 20.3 Å². The molecule has 56 heavy (non-hydrogen) atoms. The molecule has 1 aliphatic rings. The molecule has 4 aromatic carbocycles. The van der Waals surface area contributed by atoms with Gasteiger partial charge in [-0.25, -0.2) is 35.3 Å². The minimum Gasteiger partial charge on any atom is -0.497 e. The number of alkyl halides is 2. The van der Waals surface area contributed by atoms with Gasteiger partial charge in [-0.3, -0.25) is 14.0 Å². The van der Waals surface area contributed by atoms with E-state index in [0.29, 0.717) is 29.7 Å². The molecule has 0 bridgehead atoms. The predicted molar refractivity (Wildman–Crippen MR) is 208 cm³/mol. The molecule has 6 aromatic rings. The average molecular weight is 811 g/mol. The molecule has 1 unspecified atom stereocenters. The molecule has 294 valence electrons. The van der Waals surface area contributed by atoms with Crippen molar-refractivity contribution in [3.8, 4) is 11.4 Å². The second-order valence-electron chi connectivity index (χ2n) is 15.0. The topological polar surface area (TPSA) is 125 Å². The molecule has 0 saturated heterocycles. The number of sulfonamides is 1. The summed E-state index contributed by atoms with van der Waals surface area (Å²) in [7, 11) is -2.59. The lowest BCUT2D eigenvalue weighted by molar-refractivity contribution is 0.123. The summed E-state index contributed by atoms with van der Waals surface area (Å²) in [6.45, 7) is 4.78. The zero-order chi connectivity index (χ0) is 40.3. The van der Waals surface area contributed by atoms with Gasteiger partial charge in [0.05, 0.1) is 57.5 Å². The van der Waals surface area contributed by atoms with Crippen LogP contribution in [0.3, 0.4) is 0 Å². The quantitative estimate of drug-likeness (QED) is 0.124. The van der Waals surface area contributed by atoms with E-state index < -0.39 is 51.5 Å². The Bertz CT molecular complexity index is 2620. The highest BCUT2D eigenvalue weighted by Crippen LogP contribution is 2.42. The molecular formula is C40H39ClF4N6O4S. The van der Waals surface area contributed by atoms with Crippen LogP contribution in [0.4, 0.5) is 23.4 Å². The molecule has 2 heterocycles. The Morgan fingerprint density at radius 3 is 2.27 bits per heavy atom. The van der Waals surface area contributed by atoms with Crippen LogP contribution in [0, 0.1) is 11.6 Å².